The van der Waals surface area contributed by atoms with Crippen LogP contribution in [0.1, 0.15) is 12.5 Å². The fourth-order valence-corrected chi connectivity index (χ4v) is 1.86. The first kappa shape index (κ1) is 10.2. The van der Waals surface area contributed by atoms with Crippen LogP contribution in [0.15, 0.2) is 24.3 Å². The van der Waals surface area contributed by atoms with E-state index in [1.807, 2.05) is 36.1 Å². The number of hydrogen-bond donors (Lipinski definition) is 0. The lowest BCUT2D eigenvalue weighted by atomic mass is 10.2. The molecule has 0 N–H and O–H groups in total. The summed E-state index contributed by atoms with van der Waals surface area (Å²) < 4.78 is 5.26. The maximum absolute atomic E-state index is 11.7. The highest BCUT2D eigenvalue weighted by atomic mass is 16.5. The predicted octanol–water partition coefficient (Wildman–Crippen LogP) is 1.61. The van der Waals surface area contributed by atoms with E-state index in [-0.39, 0.29) is 5.91 Å². The van der Waals surface area contributed by atoms with Gasteiger partial charge in [-0.2, -0.15) is 0 Å². The average Bonchev–Trinajstić information content (AvgIpc) is 2.56. The van der Waals surface area contributed by atoms with Crippen molar-refractivity contribution in [2.24, 2.45) is 0 Å². The van der Waals surface area contributed by atoms with Crippen LogP contribution >= 0.6 is 0 Å². The van der Waals surface area contributed by atoms with E-state index < -0.39 is 0 Å². The van der Waals surface area contributed by atoms with Gasteiger partial charge in [-0.15, -0.1) is 0 Å². The van der Waals surface area contributed by atoms with Gasteiger partial charge in [0, 0.05) is 18.8 Å². The number of ether oxygens (including phenoxy) is 1. The number of benzene rings is 1. The summed E-state index contributed by atoms with van der Waals surface area (Å²) in [7, 11) is 0. The van der Waals surface area contributed by atoms with Gasteiger partial charge in [0.15, 0.2) is 0 Å². The molecule has 1 aliphatic heterocycles. The van der Waals surface area contributed by atoms with Gasteiger partial charge in [0.05, 0.1) is 13.0 Å². The van der Waals surface area contributed by atoms with Gasteiger partial charge in [-0.25, -0.2) is 0 Å². The number of amides is 1. The Labute approximate surface area is 89.7 Å². The first-order valence-electron chi connectivity index (χ1n) is 5.29. The standard InChI is InChI=1S/C12H15NO2/c1-2-15-8-7-13-11-6-4-3-5-10(11)9-12(13)14/h3-6H,2,7-9H2,1H3. The topological polar surface area (TPSA) is 29.5 Å². The number of anilines is 1. The van der Waals surface area contributed by atoms with Crippen molar-refractivity contribution in [3.8, 4) is 0 Å². The summed E-state index contributed by atoms with van der Waals surface area (Å²) in [4.78, 5) is 13.5. The lowest BCUT2D eigenvalue weighted by Crippen LogP contribution is -2.30. The maximum Gasteiger partial charge on any atom is 0.231 e. The molecule has 2 rings (SSSR count). The van der Waals surface area contributed by atoms with Gasteiger partial charge in [-0.05, 0) is 18.6 Å². The van der Waals surface area contributed by atoms with Crippen molar-refractivity contribution in [3.05, 3.63) is 29.8 Å². The second-order valence-corrected chi connectivity index (χ2v) is 3.55. The van der Waals surface area contributed by atoms with Crippen LogP contribution in [0, 0.1) is 0 Å². The van der Waals surface area contributed by atoms with Gasteiger partial charge < -0.3 is 9.64 Å². The zero-order valence-corrected chi connectivity index (χ0v) is 8.90. The fourth-order valence-electron chi connectivity index (χ4n) is 1.86. The van der Waals surface area contributed by atoms with Gasteiger partial charge in [0.2, 0.25) is 5.91 Å². The second kappa shape index (κ2) is 4.45. The van der Waals surface area contributed by atoms with Gasteiger partial charge in [-0.1, -0.05) is 18.2 Å². The van der Waals surface area contributed by atoms with Crippen molar-refractivity contribution in [2.75, 3.05) is 24.7 Å². The molecule has 0 spiro atoms. The number of hydrogen-bond acceptors (Lipinski definition) is 2. The molecule has 0 unspecified atom stereocenters. The Hall–Kier alpha value is -1.35. The Balaban J connectivity index is 2.08. The summed E-state index contributed by atoms with van der Waals surface area (Å²) in [5, 5.41) is 0. The van der Waals surface area contributed by atoms with Gasteiger partial charge in [0.25, 0.3) is 0 Å². The second-order valence-electron chi connectivity index (χ2n) is 3.55. The molecule has 3 heteroatoms. The Morgan fingerprint density at radius 2 is 2.20 bits per heavy atom. The van der Waals surface area contributed by atoms with Crippen molar-refractivity contribution >= 4 is 11.6 Å². The molecule has 0 aromatic heterocycles. The Bertz CT molecular complexity index is 362. The van der Waals surface area contributed by atoms with E-state index >= 15 is 0 Å². The average molecular weight is 205 g/mol. The SMILES string of the molecule is CCOCCN1C(=O)Cc2ccccc21. The van der Waals surface area contributed by atoms with Gasteiger partial charge in [-0.3, -0.25) is 4.79 Å². The van der Waals surface area contributed by atoms with Crippen LogP contribution in [-0.2, 0) is 16.0 Å². The first-order valence-corrected chi connectivity index (χ1v) is 5.29. The lowest BCUT2D eigenvalue weighted by molar-refractivity contribution is -0.117. The van der Waals surface area contributed by atoms with Crippen molar-refractivity contribution in [1.29, 1.82) is 0 Å². The molecule has 0 atom stereocenters. The van der Waals surface area contributed by atoms with E-state index in [4.69, 9.17) is 4.74 Å². The molecule has 1 amide bonds. The Morgan fingerprint density at radius 1 is 1.40 bits per heavy atom. The number of carbonyl (C=O) groups is 1. The van der Waals surface area contributed by atoms with Crippen LogP contribution in [0.5, 0.6) is 0 Å². The van der Waals surface area contributed by atoms with Crippen molar-refractivity contribution in [1.82, 2.24) is 0 Å². The minimum Gasteiger partial charge on any atom is -0.380 e. The number of para-hydroxylation sites is 1. The quantitative estimate of drug-likeness (QED) is 0.699. The van der Waals surface area contributed by atoms with E-state index in [2.05, 4.69) is 0 Å². The van der Waals surface area contributed by atoms with Crippen LogP contribution in [-0.4, -0.2) is 25.7 Å². The van der Waals surface area contributed by atoms with Crippen molar-refractivity contribution in [2.45, 2.75) is 13.3 Å². The maximum atomic E-state index is 11.7. The monoisotopic (exact) mass is 205 g/mol. The molecule has 0 bridgehead atoms. The zero-order chi connectivity index (χ0) is 10.7. The van der Waals surface area contributed by atoms with E-state index in [1.54, 1.807) is 0 Å². The summed E-state index contributed by atoms with van der Waals surface area (Å²) in [6.07, 6.45) is 0.530. The van der Waals surface area contributed by atoms with E-state index in [1.165, 1.54) is 0 Å². The summed E-state index contributed by atoms with van der Waals surface area (Å²) in [6, 6.07) is 7.93. The summed E-state index contributed by atoms with van der Waals surface area (Å²) in [6.45, 7) is 3.92. The zero-order valence-electron chi connectivity index (χ0n) is 8.90. The highest BCUT2D eigenvalue weighted by Gasteiger charge is 2.25. The van der Waals surface area contributed by atoms with E-state index in [0.717, 1.165) is 11.3 Å². The van der Waals surface area contributed by atoms with Crippen LogP contribution in [0.3, 0.4) is 0 Å². The highest BCUT2D eigenvalue weighted by Crippen LogP contribution is 2.27. The molecule has 1 heterocycles. The van der Waals surface area contributed by atoms with Gasteiger partial charge in [0.1, 0.15) is 0 Å². The largest absolute Gasteiger partial charge is 0.380 e. The molecular weight excluding hydrogens is 190 g/mol. The van der Waals surface area contributed by atoms with Crippen LogP contribution in [0.25, 0.3) is 0 Å². The molecule has 80 valence electrons. The third-order valence-electron chi connectivity index (χ3n) is 2.59. The van der Waals surface area contributed by atoms with Crippen LogP contribution < -0.4 is 4.90 Å². The molecule has 1 aromatic carbocycles. The number of carbonyl (C=O) groups excluding carboxylic acids is 1. The highest BCUT2D eigenvalue weighted by molar-refractivity contribution is 6.01. The normalized spacial score (nSPS) is 14.5. The van der Waals surface area contributed by atoms with Crippen LogP contribution in [0.2, 0.25) is 0 Å². The number of fused-ring (bicyclic) bond motifs is 1. The number of rotatable bonds is 4. The predicted molar refractivity (Wildman–Crippen MR) is 59.0 cm³/mol. The Morgan fingerprint density at radius 3 is 3.00 bits per heavy atom. The molecule has 0 saturated heterocycles. The molecule has 0 saturated carbocycles. The first-order chi connectivity index (χ1) is 7.33. The molecule has 0 aliphatic carbocycles. The molecular formula is C12H15NO2. The minimum atomic E-state index is 0.177. The molecule has 0 radical (unpaired) electrons. The lowest BCUT2D eigenvalue weighted by Gasteiger charge is -2.16. The van der Waals surface area contributed by atoms with Crippen LogP contribution in [0.4, 0.5) is 5.69 Å². The summed E-state index contributed by atoms with van der Waals surface area (Å²) >= 11 is 0. The fraction of sp³-hybridized carbons (Fsp3) is 0.417. The third kappa shape index (κ3) is 2.02. The third-order valence-corrected chi connectivity index (χ3v) is 2.59. The molecule has 3 nitrogen and oxygen atoms in total. The molecule has 15 heavy (non-hydrogen) atoms. The van der Waals surface area contributed by atoms with E-state index in [0.29, 0.717) is 26.2 Å². The van der Waals surface area contributed by atoms with Crippen molar-refractivity contribution < 1.29 is 9.53 Å². The summed E-state index contributed by atoms with van der Waals surface area (Å²) in [5.41, 5.74) is 2.17. The van der Waals surface area contributed by atoms with E-state index in [9.17, 15) is 4.79 Å². The summed E-state index contributed by atoms with van der Waals surface area (Å²) in [5.74, 6) is 0.177. The van der Waals surface area contributed by atoms with Crippen molar-refractivity contribution in [3.63, 3.8) is 0 Å². The Kier molecular flexibility index (Phi) is 3.02. The minimum absolute atomic E-state index is 0.177. The van der Waals surface area contributed by atoms with Gasteiger partial charge >= 0.3 is 0 Å². The molecule has 0 fully saturated rings. The molecule has 1 aliphatic rings. The number of nitrogens with zero attached hydrogens (tertiary/aromatic N) is 1. The smallest absolute Gasteiger partial charge is 0.231 e. The molecule has 1 aromatic rings.